The average Bonchev–Trinajstić information content (AvgIpc) is 3.45. The van der Waals surface area contributed by atoms with Crippen LogP contribution in [0.4, 0.5) is 0 Å². The second kappa shape index (κ2) is 8.78. The zero-order valence-corrected chi connectivity index (χ0v) is 18.2. The fraction of sp³-hybridized carbons (Fsp3) is 0.429. The Bertz CT molecular complexity index is 892. The molecule has 3 N–H and O–H groups in total. The number of H-pyrrole nitrogens is 1. The Kier molecular flexibility index (Phi) is 6.63. The third-order valence-electron chi connectivity index (χ3n) is 5.15. The lowest BCUT2D eigenvalue weighted by Gasteiger charge is -2.22. The van der Waals surface area contributed by atoms with E-state index in [1.165, 1.54) is 0 Å². The van der Waals surface area contributed by atoms with Crippen LogP contribution in [-0.4, -0.2) is 14.8 Å². The molecule has 1 heterocycles. The molecule has 1 aromatic carbocycles. The van der Waals surface area contributed by atoms with Crippen molar-refractivity contribution in [2.75, 3.05) is 0 Å². The van der Waals surface area contributed by atoms with Gasteiger partial charge in [-0.2, -0.15) is 0 Å². The number of aryl methyl sites for hydroxylation is 1. The van der Waals surface area contributed by atoms with E-state index in [1.54, 1.807) is 0 Å². The third kappa shape index (κ3) is 5.35. The van der Waals surface area contributed by atoms with E-state index in [-0.39, 0.29) is 21.3 Å². The topological polar surface area (TPSA) is 76.0 Å². The van der Waals surface area contributed by atoms with Crippen LogP contribution < -0.4 is 11.3 Å². The Morgan fingerprint density at radius 1 is 1.33 bits per heavy atom. The number of alkyl halides is 1. The van der Waals surface area contributed by atoms with E-state index in [2.05, 4.69) is 33.6 Å². The van der Waals surface area contributed by atoms with Crippen LogP contribution in [0.25, 0.3) is 0 Å². The van der Waals surface area contributed by atoms with E-state index in [1.807, 2.05) is 31.2 Å². The Labute approximate surface area is 178 Å². The number of pyridine rings is 1. The van der Waals surface area contributed by atoms with Gasteiger partial charge in [-0.3, -0.25) is 9.59 Å². The molecule has 2 atom stereocenters. The van der Waals surface area contributed by atoms with E-state index >= 15 is 0 Å². The van der Waals surface area contributed by atoms with E-state index in [4.69, 9.17) is 17.3 Å². The van der Waals surface area contributed by atoms with Gasteiger partial charge in [0.15, 0.2) is 0 Å². The molecule has 1 aliphatic rings. The molecule has 4 nitrogen and oxygen atoms in total. The van der Waals surface area contributed by atoms with Crippen molar-refractivity contribution in [2.24, 2.45) is 5.73 Å². The minimum absolute atomic E-state index is 0.0128. The lowest BCUT2D eigenvalue weighted by molar-refractivity contribution is -0.118. The van der Waals surface area contributed by atoms with Gasteiger partial charge in [0.1, 0.15) is 0 Å². The number of carbonyl (C=O) groups excluding carboxylic acids is 1. The molecular formula is C21H24ClIN2O2. The standard InChI is InChI=1S/C21H24ClIN2O2/c1-12-2-3-14(10-18(12)22)17(11-15(23)6-9-20(24)26)19-8-7-16(13-4-5-13)21(27)25-19/h2-3,7-8,10,13,15,17H,4-6,9,11H2,1H3,(H2,24,26)(H,25,27). The molecule has 144 valence electrons. The highest BCUT2D eigenvalue weighted by atomic mass is 127. The highest BCUT2D eigenvalue weighted by molar-refractivity contribution is 14.1. The zero-order valence-electron chi connectivity index (χ0n) is 15.3. The van der Waals surface area contributed by atoms with Gasteiger partial charge in [0.2, 0.25) is 5.91 Å². The van der Waals surface area contributed by atoms with Crippen molar-refractivity contribution in [3.63, 3.8) is 0 Å². The first-order chi connectivity index (χ1) is 12.8. The minimum Gasteiger partial charge on any atom is -0.370 e. The summed E-state index contributed by atoms with van der Waals surface area (Å²) in [6, 6.07) is 10.1. The fourth-order valence-electron chi connectivity index (χ4n) is 3.36. The molecule has 1 aliphatic carbocycles. The second-order valence-electron chi connectivity index (χ2n) is 7.37. The molecular weight excluding hydrogens is 475 g/mol. The maximum atomic E-state index is 12.5. The first-order valence-electron chi connectivity index (χ1n) is 9.26. The van der Waals surface area contributed by atoms with Crippen molar-refractivity contribution in [1.82, 2.24) is 4.98 Å². The summed E-state index contributed by atoms with van der Waals surface area (Å²) in [6.07, 6.45) is 4.08. The van der Waals surface area contributed by atoms with Gasteiger partial charge in [0.05, 0.1) is 0 Å². The number of halogens is 2. The van der Waals surface area contributed by atoms with Gasteiger partial charge >= 0.3 is 0 Å². The van der Waals surface area contributed by atoms with Gasteiger partial charge in [-0.15, -0.1) is 0 Å². The van der Waals surface area contributed by atoms with Crippen molar-refractivity contribution in [1.29, 1.82) is 0 Å². The predicted molar refractivity (Wildman–Crippen MR) is 118 cm³/mol. The maximum Gasteiger partial charge on any atom is 0.251 e. The second-order valence-corrected chi connectivity index (χ2v) is 9.54. The molecule has 0 saturated heterocycles. The van der Waals surface area contributed by atoms with Gasteiger partial charge < -0.3 is 10.7 Å². The van der Waals surface area contributed by atoms with Crippen LogP contribution in [0.15, 0.2) is 35.1 Å². The fourth-order valence-corrected chi connectivity index (χ4v) is 4.37. The molecule has 1 fully saturated rings. The number of hydrogen-bond donors (Lipinski definition) is 2. The lowest BCUT2D eigenvalue weighted by Crippen LogP contribution is -2.19. The lowest BCUT2D eigenvalue weighted by atomic mass is 9.89. The van der Waals surface area contributed by atoms with E-state index in [9.17, 15) is 9.59 Å². The minimum atomic E-state index is -0.284. The van der Waals surface area contributed by atoms with Crippen molar-refractivity contribution < 1.29 is 4.79 Å². The number of nitrogens with one attached hydrogen (secondary N) is 1. The molecule has 0 bridgehead atoms. The SMILES string of the molecule is Cc1ccc(C(CC(I)CCC(N)=O)c2ccc(C3CC3)c(=O)[nH]2)cc1Cl. The first-order valence-corrected chi connectivity index (χ1v) is 10.9. The molecule has 6 heteroatoms. The number of aromatic amines is 1. The summed E-state index contributed by atoms with van der Waals surface area (Å²) in [6.45, 7) is 1.97. The summed E-state index contributed by atoms with van der Waals surface area (Å²) in [5, 5.41) is 0.719. The molecule has 1 aromatic heterocycles. The van der Waals surface area contributed by atoms with Crippen LogP contribution >= 0.6 is 34.2 Å². The van der Waals surface area contributed by atoms with Crippen molar-refractivity contribution in [2.45, 2.75) is 54.8 Å². The van der Waals surface area contributed by atoms with Crippen LogP contribution in [0.2, 0.25) is 5.02 Å². The first kappa shape index (κ1) is 20.4. The van der Waals surface area contributed by atoms with Crippen LogP contribution in [0.1, 0.15) is 66.3 Å². The molecule has 2 unspecified atom stereocenters. The Morgan fingerprint density at radius 3 is 2.67 bits per heavy atom. The van der Waals surface area contributed by atoms with Crippen LogP contribution in [0.3, 0.4) is 0 Å². The van der Waals surface area contributed by atoms with E-state index in [0.717, 1.165) is 53.1 Å². The van der Waals surface area contributed by atoms with Crippen LogP contribution in [0, 0.1) is 6.92 Å². The zero-order chi connectivity index (χ0) is 19.6. The number of aromatic nitrogens is 1. The number of carbonyl (C=O) groups is 1. The smallest absolute Gasteiger partial charge is 0.251 e. The molecule has 1 amide bonds. The van der Waals surface area contributed by atoms with Crippen LogP contribution in [0.5, 0.6) is 0 Å². The Balaban J connectivity index is 1.91. The molecule has 3 rings (SSSR count). The van der Waals surface area contributed by atoms with Gasteiger partial charge in [0, 0.05) is 32.5 Å². The summed E-state index contributed by atoms with van der Waals surface area (Å²) in [5.74, 6) is 0.149. The number of benzene rings is 1. The van der Waals surface area contributed by atoms with Crippen molar-refractivity contribution in [3.05, 3.63) is 68.1 Å². The number of primary amides is 1. The van der Waals surface area contributed by atoms with Crippen LogP contribution in [-0.2, 0) is 4.79 Å². The summed E-state index contributed by atoms with van der Waals surface area (Å²) in [4.78, 5) is 26.8. The molecule has 0 aliphatic heterocycles. The molecule has 1 saturated carbocycles. The van der Waals surface area contributed by atoms with Crippen molar-refractivity contribution >= 4 is 40.1 Å². The largest absolute Gasteiger partial charge is 0.370 e. The third-order valence-corrected chi connectivity index (χ3v) is 6.69. The average molecular weight is 499 g/mol. The highest BCUT2D eigenvalue weighted by Crippen LogP contribution is 2.39. The number of hydrogen-bond acceptors (Lipinski definition) is 2. The Hall–Kier alpha value is -1.34. The quantitative estimate of drug-likeness (QED) is 0.405. The predicted octanol–water partition coefficient (Wildman–Crippen LogP) is 4.81. The monoisotopic (exact) mass is 498 g/mol. The molecule has 0 spiro atoms. The van der Waals surface area contributed by atoms with E-state index in [0.29, 0.717) is 12.3 Å². The summed E-state index contributed by atoms with van der Waals surface area (Å²) < 4.78 is 0.256. The number of nitrogens with two attached hydrogens (primary N) is 1. The molecule has 27 heavy (non-hydrogen) atoms. The van der Waals surface area contributed by atoms with Gasteiger partial charge in [-0.05, 0) is 61.8 Å². The summed E-state index contributed by atoms with van der Waals surface area (Å²) in [7, 11) is 0. The Morgan fingerprint density at radius 2 is 2.07 bits per heavy atom. The summed E-state index contributed by atoms with van der Waals surface area (Å²) in [5.41, 5.74) is 9.18. The van der Waals surface area contributed by atoms with Gasteiger partial charge in [0.25, 0.3) is 5.56 Å². The number of rotatable bonds is 8. The van der Waals surface area contributed by atoms with Gasteiger partial charge in [-0.1, -0.05) is 52.4 Å². The highest BCUT2D eigenvalue weighted by Gasteiger charge is 2.27. The van der Waals surface area contributed by atoms with Gasteiger partial charge in [-0.25, -0.2) is 0 Å². The summed E-state index contributed by atoms with van der Waals surface area (Å²) >= 11 is 8.72. The van der Waals surface area contributed by atoms with E-state index < -0.39 is 0 Å². The molecule has 2 aromatic rings. The normalized spacial score (nSPS) is 16.1. The number of amides is 1. The maximum absolute atomic E-state index is 12.5. The molecule has 0 radical (unpaired) electrons. The van der Waals surface area contributed by atoms with Crippen molar-refractivity contribution in [3.8, 4) is 0 Å².